The maximum Gasteiger partial charge on any atom is 0.176 e. The number of rotatable bonds is 3. The van der Waals surface area contributed by atoms with Crippen LogP contribution in [0.15, 0.2) is 18.3 Å². The number of hydrogen-bond donors (Lipinski definition) is 1. The fourth-order valence-electron chi connectivity index (χ4n) is 1.11. The van der Waals surface area contributed by atoms with E-state index in [1.165, 1.54) is 12.3 Å². The normalized spacial score (nSPS) is 10.9. The first-order valence-corrected chi connectivity index (χ1v) is 5.07. The van der Waals surface area contributed by atoms with Crippen molar-refractivity contribution >= 4 is 5.78 Å². The van der Waals surface area contributed by atoms with Gasteiger partial charge in [0, 0.05) is 17.3 Å². The summed E-state index contributed by atoms with van der Waals surface area (Å²) in [5.74, 6) is -0.0335. The Morgan fingerprint density at radius 2 is 2.25 bits per heavy atom. The van der Waals surface area contributed by atoms with Crippen molar-refractivity contribution in [1.82, 2.24) is 10.3 Å². The summed E-state index contributed by atoms with van der Waals surface area (Å²) < 4.78 is 0. The highest BCUT2D eigenvalue weighted by Gasteiger charge is 2.13. The molecular weight excluding hydrogens is 202 g/mol. The van der Waals surface area contributed by atoms with Gasteiger partial charge in [0.15, 0.2) is 5.78 Å². The molecule has 1 rings (SSSR count). The van der Waals surface area contributed by atoms with E-state index in [9.17, 15) is 4.79 Å². The molecule has 0 bridgehead atoms. The van der Waals surface area contributed by atoms with Crippen LogP contribution >= 0.6 is 0 Å². The molecule has 0 fully saturated rings. The second-order valence-corrected chi connectivity index (χ2v) is 4.57. The summed E-state index contributed by atoms with van der Waals surface area (Å²) in [6, 6.07) is 5.04. The Bertz CT molecular complexity index is 427. The van der Waals surface area contributed by atoms with Crippen molar-refractivity contribution in [3.8, 4) is 6.07 Å². The number of hydrogen-bond acceptors (Lipinski definition) is 4. The molecule has 0 aliphatic carbocycles. The first-order valence-electron chi connectivity index (χ1n) is 5.07. The average molecular weight is 217 g/mol. The number of Topliss-reactive ketones (excluding diaryl/α,β-unsaturated/α-hetero) is 1. The number of aromatic nitrogens is 1. The Morgan fingerprint density at radius 1 is 1.56 bits per heavy atom. The summed E-state index contributed by atoms with van der Waals surface area (Å²) in [5.41, 5.74) is 0.686. The fourth-order valence-corrected chi connectivity index (χ4v) is 1.11. The highest BCUT2D eigenvalue weighted by atomic mass is 16.1. The number of nitriles is 1. The number of pyridine rings is 1. The van der Waals surface area contributed by atoms with E-state index in [0.717, 1.165) is 0 Å². The molecule has 0 saturated carbocycles. The van der Waals surface area contributed by atoms with E-state index in [2.05, 4.69) is 10.3 Å². The van der Waals surface area contributed by atoms with Gasteiger partial charge in [-0.1, -0.05) is 0 Å². The van der Waals surface area contributed by atoms with Gasteiger partial charge < -0.3 is 5.32 Å². The number of nitrogens with one attached hydrogen (secondary N) is 1. The van der Waals surface area contributed by atoms with Gasteiger partial charge in [0.2, 0.25) is 0 Å². The number of ketones is 1. The van der Waals surface area contributed by atoms with Crippen LogP contribution in [0.4, 0.5) is 0 Å². The van der Waals surface area contributed by atoms with Crippen molar-refractivity contribution in [1.29, 1.82) is 5.26 Å². The molecule has 0 atom stereocenters. The van der Waals surface area contributed by atoms with Gasteiger partial charge in [-0.2, -0.15) is 5.26 Å². The summed E-state index contributed by atoms with van der Waals surface area (Å²) in [5, 5.41) is 11.8. The van der Waals surface area contributed by atoms with E-state index in [1.807, 2.05) is 26.8 Å². The molecule has 4 heteroatoms. The monoisotopic (exact) mass is 217 g/mol. The maximum atomic E-state index is 11.8. The third-order valence-electron chi connectivity index (χ3n) is 1.98. The molecule has 0 aromatic carbocycles. The molecular formula is C12H15N3O. The predicted octanol–water partition coefficient (Wildman–Crippen LogP) is 1.52. The largest absolute Gasteiger partial charge is 0.305 e. The molecule has 0 radical (unpaired) electrons. The van der Waals surface area contributed by atoms with E-state index in [0.29, 0.717) is 5.56 Å². The van der Waals surface area contributed by atoms with Gasteiger partial charge in [0.25, 0.3) is 0 Å². The lowest BCUT2D eigenvalue weighted by Crippen LogP contribution is -2.39. The molecule has 1 heterocycles. The Morgan fingerprint density at radius 3 is 2.81 bits per heavy atom. The predicted molar refractivity (Wildman–Crippen MR) is 61.0 cm³/mol. The van der Waals surface area contributed by atoms with Crippen LogP contribution < -0.4 is 5.32 Å². The molecule has 1 aromatic heterocycles. The first-order chi connectivity index (χ1) is 7.42. The first kappa shape index (κ1) is 12.3. The van der Waals surface area contributed by atoms with E-state index in [1.54, 1.807) is 6.07 Å². The van der Waals surface area contributed by atoms with Crippen LogP contribution in [0, 0.1) is 11.3 Å². The molecule has 0 aliphatic heterocycles. The van der Waals surface area contributed by atoms with Crippen molar-refractivity contribution < 1.29 is 4.79 Å². The molecule has 84 valence electrons. The average Bonchev–Trinajstić information content (AvgIpc) is 2.25. The highest BCUT2D eigenvalue weighted by molar-refractivity contribution is 5.97. The maximum absolute atomic E-state index is 11.8. The zero-order chi connectivity index (χ0) is 12.2. The molecule has 1 N–H and O–H groups in total. The van der Waals surface area contributed by atoms with Crippen LogP contribution in [-0.2, 0) is 0 Å². The van der Waals surface area contributed by atoms with Crippen molar-refractivity contribution in [2.75, 3.05) is 6.54 Å². The van der Waals surface area contributed by atoms with E-state index in [4.69, 9.17) is 5.26 Å². The van der Waals surface area contributed by atoms with Gasteiger partial charge in [-0.25, -0.2) is 4.98 Å². The lowest BCUT2D eigenvalue weighted by atomic mass is 10.1. The van der Waals surface area contributed by atoms with Gasteiger partial charge in [-0.05, 0) is 32.9 Å². The van der Waals surface area contributed by atoms with Crippen LogP contribution in [0.25, 0.3) is 0 Å². The van der Waals surface area contributed by atoms with Gasteiger partial charge in [-0.15, -0.1) is 0 Å². The minimum absolute atomic E-state index is 0.0335. The minimum atomic E-state index is -0.0965. The smallest absolute Gasteiger partial charge is 0.176 e. The van der Waals surface area contributed by atoms with E-state index in [-0.39, 0.29) is 23.6 Å². The third-order valence-corrected chi connectivity index (χ3v) is 1.98. The molecule has 4 nitrogen and oxygen atoms in total. The quantitative estimate of drug-likeness (QED) is 0.780. The summed E-state index contributed by atoms with van der Waals surface area (Å²) in [6.07, 6.45) is 1.48. The van der Waals surface area contributed by atoms with Crippen molar-refractivity contribution in [3.63, 3.8) is 0 Å². The lowest BCUT2D eigenvalue weighted by Gasteiger charge is -2.19. The zero-order valence-electron chi connectivity index (χ0n) is 9.74. The Hall–Kier alpha value is -1.73. The van der Waals surface area contributed by atoms with Crippen LogP contribution in [0.5, 0.6) is 0 Å². The van der Waals surface area contributed by atoms with Gasteiger partial charge in [-0.3, -0.25) is 4.79 Å². The van der Waals surface area contributed by atoms with E-state index < -0.39 is 0 Å². The van der Waals surface area contributed by atoms with Crippen LogP contribution in [-0.4, -0.2) is 22.9 Å². The van der Waals surface area contributed by atoms with Gasteiger partial charge in [0.1, 0.15) is 11.8 Å². The summed E-state index contributed by atoms with van der Waals surface area (Å²) in [4.78, 5) is 15.6. The second kappa shape index (κ2) is 4.86. The zero-order valence-corrected chi connectivity index (χ0v) is 9.74. The van der Waals surface area contributed by atoms with Crippen molar-refractivity contribution in [2.24, 2.45) is 0 Å². The van der Waals surface area contributed by atoms with E-state index >= 15 is 0 Å². The molecule has 0 saturated heterocycles. The molecule has 0 spiro atoms. The Balaban J connectivity index is 2.71. The fraction of sp³-hybridized carbons (Fsp3) is 0.417. The number of carbonyl (C=O) groups is 1. The van der Waals surface area contributed by atoms with Crippen LogP contribution in [0.3, 0.4) is 0 Å². The van der Waals surface area contributed by atoms with Crippen LogP contribution in [0.1, 0.15) is 36.8 Å². The molecule has 0 amide bonds. The summed E-state index contributed by atoms with van der Waals surface area (Å²) >= 11 is 0. The van der Waals surface area contributed by atoms with Crippen molar-refractivity contribution in [2.45, 2.75) is 26.3 Å². The lowest BCUT2D eigenvalue weighted by molar-refractivity contribution is 0.0982. The van der Waals surface area contributed by atoms with Gasteiger partial charge in [0.05, 0.1) is 6.54 Å². The Labute approximate surface area is 95.3 Å². The summed E-state index contributed by atoms with van der Waals surface area (Å²) in [7, 11) is 0. The topological polar surface area (TPSA) is 65.8 Å². The Kier molecular flexibility index (Phi) is 3.75. The van der Waals surface area contributed by atoms with Crippen molar-refractivity contribution in [3.05, 3.63) is 29.6 Å². The standard InChI is InChI=1S/C12H15N3O/c1-12(2,3)15-8-11(16)9-4-5-14-10(6-9)7-13/h4-6,15H,8H2,1-3H3. The highest BCUT2D eigenvalue weighted by Crippen LogP contribution is 2.03. The molecule has 0 aliphatic rings. The number of carbonyl (C=O) groups excluding carboxylic acids is 1. The number of nitrogens with zero attached hydrogens (tertiary/aromatic N) is 2. The SMILES string of the molecule is CC(C)(C)NCC(=O)c1ccnc(C#N)c1. The molecule has 16 heavy (non-hydrogen) atoms. The minimum Gasteiger partial charge on any atom is -0.305 e. The second-order valence-electron chi connectivity index (χ2n) is 4.57. The molecule has 1 aromatic rings. The summed E-state index contributed by atoms with van der Waals surface area (Å²) in [6.45, 7) is 6.24. The van der Waals surface area contributed by atoms with Gasteiger partial charge >= 0.3 is 0 Å². The van der Waals surface area contributed by atoms with Crippen LogP contribution in [0.2, 0.25) is 0 Å². The third kappa shape index (κ3) is 3.79. The molecule has 0 unspecified atom stereocenters.